The number of hydrogen-bond acceptors (Lipinski definition) is 0. The van der Waals surface area contributed by atoms with Crippen molar-refractivity contribution in [1.82, 2.24) is 0 Å². The van der Waals surface area contributed by atoms with Gasteiger partial charge in [0, 0.05) is 0 Å². The minimum atomic E-state index is -1.69. The maximum atomic E-state index is 2.98. The normalized spacial score (nSPS) is 15.3. The van der Waals surface area contributed by atoms with Gasteiger partial charge in [0.2, 0.25) is 0 Å². The van der Waals surface area contributed by atoms with E-state index in [2.05, 4.69) is 193 Å². The zero-order valence-corrected chi connectivity index (χ0v) is 46.8. The Balaban J connectivity index is 4.91. The molecule has 0 nitrogen and oxygen atoms in total. The summed E-state index contributed by atoms with van der Waals surface area (Å²) in [7, 11) is -13.4. The predicted molar refractivity (Wildman–Crippen MR) is 236 cm³/mol. The molecule has 0 spiro atoms. The molecular formula is C34H78GeSi8Te. The van der Waals surface area contributed by atoms with E-state index >= 15 is 0 Å². The van der Waals surface area contributed by atoms with Crippen molar-refractivity contribution in [2.75, 3.05) is 0 Å². The Kier molecular flexibility index (Phi) is 14.2. The average Bonchev–Trinajstić information content (AvgIpc) is 2.57. The fourth-order valence-corrected chi connectivity index (χ4v) is 111. The zero-order valence-electron chi connectivity index (χ0n) is 34.4. The van der Waals surface area contributed by atoms with Crippen LogP contribution in [0.25, 0.3) is 0 Å². The van der Waals surface area contributed by atoms with Crippen LogP contribution >= 0.6 is 0 Å². The fourth-order valence-electron chi connectivity index (χ4n) is 10.6. The SMILES string of the molecule is C[Si](C)(C)C(c1cc(C([Si](C)(C)C)[Si](C)(C)C)[c]([Ge](=[Te])[CH]([Si](C)(C)C)[Si](C)(C)C)c(C([Si](C)(C)C)[Si](C)(C)C)c1)[Si](C)(C)C. The van der Waals surface area contributed by atoms with Gasteiger partial charge in [-0.1, -0.05) is 0 Å². The van der Waals surface area contributed by atoms with Crippen LogP contribution in [0.1, 0.15) is 32.2 Å². The molecule has 0 N–H and O–H groups in total. The molecular weight excluding hydrogens is 833 g/mol. The first-order valence-electron chi connectivity index (χ1n) is 17.6. The first kappa shape index (κ1) is 44.3. The molecule has 0 saturated carbocycles. The molecule has 0 bridgehead atoms. The topological polar surface area (TPSA) is 0 Å². The molecule has 0 unspecified atom stereocenters. The molecule has 0 fully saturated rings. The monoisotopic (exact) mass is 914 g/mol. The van der Waals surface area contributed by atoms with Gasteiger partial charge < -0.3 is 0 Å². The first-order chi connectivity index (χ1) is 18.9. The number of rotatable bonds is 13. The summed E-state index contributed by atoms with van der Waals surface area (Å²) in [5.74, 6) is 0. The molecule has 0 amide bonds. The Morgan fingerprint density at radius 1 is 0.386 bits per heavy atom. The van der Waals surface area contributed by atoms with Gasteiger partial charge in [0.05, 0.1) is 0 Å². The molecule has 1 rings (SSSR count). The summed E-state index contributed by atoms with van der Waals surface area (Å²) < 4.78 is 3.11. The second kappa shape index (κ2) is 14.1. The third kappa shape index (κ3) is 11.1. The third-order valence-corrected chi connectivity index (χ3v) is 76.7. The standard InChI is InChI=1S/C34H78GeSi8Te/c1-36(2,3)31(37(4,5)6)27-25-28(32(38(7,8)9)39(10,11)12)30(35(44)34(42(19,20)21)43(22,23)24)29(26-27)33(40(13,14)15)41(16,17)18/h25-26,31-34H,1-24H3. The summed E-state index contributed by atoms with van der Waals surface area (Å²) >= 11 is 2.81. The Morgan fingerprint density at radius 2 is 0.614 bits per heavy atom. The Morgan fingerprint density at radius 3 is 0.795 bits per heavy atom. The van der Waals surface area contributed by atoms with E-state index in [1.54, 1.807) is 0 Å². The van der Waals surface area contributed by atoms with Crippen molar-refractivity contribution >= 4 is 98.9 Å². The van der Waals surface area contributed by atoms with Crippen LogP contribution in [0.15, 0.2) is 12.1 Å². The van der Waals surface area contributed by atoms with Gasteiger partial charge in [0.1, 0.15) is 0 Å². The summed E-state index contributed by atoms with van der Waals surface area (Å²) in [6.45, 7) is 65.5. The number of hydrogen-bond donors (Lipinski definition) is 0. The van der Waals surface area contributed by atoms with Crippen LogP contribution in [-0.2, 0) is 0 Å². The van der Waals surface area contributed by atoms with Crippen LogP contribution < -0.4 is 4.40 Å². The Labute approximate surface area is 301 Å². The molecule has 44 heavy (non-hydrogen) atoms. The Bertz CT molecular complexity index is 1060. The molecule has 1 aromatic rings. The van der Waals surface area contributed by atoms with E-state index in [1.807, 2.05) is 16.7 Å². The molecule has 256 valence electrons. The summed E-state index contributed by atoms with van der Waals surface area (Å²) in [6.07, 6.45) is 0. The molecule has 1 aromatic carbocycles. The molecule has 0 aromatic heterocycles. The second-order valence-corrected chi connectivity index (χ2v) is 80.6. The van der Waals surface area contributed by atoms with Gasteiger partial charge in [-0.05, 0) is 0 Å². The van der Waals surface area contributed by atoms with Crippen LogP contribution in [0.2, 0.25) is 161 Å². The average molecular weight is 912 g/mol. The van der Waals surface area contributed by atoms with Crippen molar-refractivity contribution in [2.24, 2.45) is 0 Å². The summed E-state index contributed by atoms with van der Waals surface area (Å²) in [5, 5.41) is 2.45. The van der Waals surface area contributed by atoms with Crippen molar-refractivity contribution in [2.45, 2.75) is 177 Å². The molecule has 0 aliphatic heterocycles. The van der Waals surface area contributed by atoms with E-state index in [0.29, 0.717) is 0 Å². The van der Waals surface area contributed by atoms with E-state index in [0.717, 1.165) is 19.5 Å². The van der Waals surface area contributed by atoms with Gasteiger partial charge in [0.15, 0.2) is 0 Å². The molecule has 0 saturated heterocycles. The van der Waals surface area contributed by atoms with Crippen molar-refractivity contribution in [3.8, 4) is 0 Å². The molecule has 0 radical (unpaired) electrons. The van der Waals surface area contributed by atoms with E-state index in [4.69, 9.17) is 0 Å². The molecule has 0 heterocycles. The van der Waals surface area contributed by atoms with Crippen molar-refractivity contribution < 1.29 is 0 Å². The van der Waals surface area contributed by atoms with Crippen molar-refractivity contribution in [3.05, 3.63) is 28.8 Å². The number of benzene rings is 1. The van der Waals surface area contributed by atoms with Crippen LogP contribution in [0.5, 0.6) is 0 Å². The van der Waals surface area contributed by atoms with Crippen LogP contribution in [0, 0.1) is 0 Å². The van der Waals surface area contributed by atoms with Gasteiger partial charge in [-0.3, -0.25) is 0 Å². The van der Waals surface area contributed by atoms with E-state index in [-0.39, 0.29) is 0 Å². The van der Waals surface area contributed by atoms with Gasteiger partial charge >= 0.3 is 304 Å². The minimum absolute atomic E-state index is 0.806. The molecule has 10 heteroatoms. The maximum absolute atomic E-state index is 2.98. The van der Waals surface area contributed by atoms with Crippen molar-refractivity contribution in [1.29, 1.82) is 0 Å². The third-order valence-electron chi connectivity index (χ3n) is 9.61. The fraction of sp³-hybridized carbons (Fsp3) is 0.824. The van der Waals surface area contributed by atoms with Gasteiger partial charge in [0.25, 0.3) is 0 Å². The first-order valence-corrected chi connectivity index (χ1v) is 55.4. The molecule has 0 aliphatic rings. The summed E-state index contributed by atoms with van der Waals surface area (Å²) in [4.78, 5) is 0. The second-order valence-electron chi connectivity index (χ2n) is 23.1. The summed E-state index contributed by atoms with van der Waals surface area (Å²) in [5.41, 5.74) is 5.73. The van der Waals surface area contributed by atoms with E-state index in [9.17, 15) is 0 Å². The molecule has 0 atom stereocenters. The predicted octanol–water partition coefficient (Wildman–Crippen LogP) is 11.7. The van der Waals surface area contributed by atoms with Crippen LogP contribution in [-0.4, -0.2) is 94.5 Å². The van der Waals surface area contributed by atoms with Crippen molar-refractivity contribution in [3.63, 3.8) is 0 Å². The molecule has 0 aliphatic carbocycles. The van der Waals surface area contributed by atoms with Crippen LogP contribution in [0.3, 0.4) is 0 Å². The van der Waals surface area contributed by atoms with Gasteiger partial charge in [-0.2, -0.15) is 0 Å². The van der Waals surface area contributed by atoms with E-state index in [1.165, 1.54) is 0 Å². The zero-order chi connectivity index (χ0) is 35.6. The quantitative estimate of drug-likeness (QED) is 0.173. The summed E-state index contributed by atoms with van der Waals surface area (Å²) in [6, 6.07) is 5.96. The van der Waals surface area contributed by atoms with E-state index < -0.39 is 75.1 Å². The Hall–Kier alpha value is 2.29. The van der Waals surface area contributed by atoms with Gasteiger partial charge in [-0.25, -0.2) is 0 Å². The van der Waals surface area contributed by atoms with Gasteiger partial charge in [-0.15, -0.1) is 0 Å². The van der Waals surface area contributed by atoms with Crippen LogP contribution in [0.4, 0.5) is 0 Å².